The highest BCUT2D eigenvalue weighted by atomic mass is 16.3. The Hall–Kier alpha value is -0.870. The van der Waals surface area contributed by atoms with Crippen LogP contribution in [0.2, 0.25) is 0 Å². The Labute approximate surface area is 84.9 Å². The lowest BCUT2D eigenvalue weighted by atomic mass is 10.2. The second kappa shape index (κ2) is 5.78. The van der Waals surface area contributed by atoms with Crippen molar-refractivity contribution in [3.05, 3.63) is 18.0 Å². The third-order valence-corrected chi connectivity index (χ3v) is 2.15. The molecule has 0 fully saturated rings. The summed E-state index contributed by atoms with van der Waals surface area (Å²) < 4.78 is 1.92. The summed E-state index contributed by atoms with van der Waals surface area (Å²) in [7, 11) is 0. The number of nitrogens with one attached hydrogen (secondary N) is 1. The molecule has 0 aliphatic heterocycles. The van der Waals surface area contributed by atoms with Crippen molar-refractivity contribution in [1.29, 1.82) is 0 Å². The van der Waals surface area contributed by atoms with Crippen molar-refractivity contribution in [3.63, 3.8) is 0 Å². The van der Waals surface area contributed by atoms with Gasteiger partial charge in [0, 0.05) is 18.8 Å². The summed E-state index contributed by atoms with van der Waals surface area (Å²) in [5.41, 5.74) is 1.03. The zero-order chi connectivity index (χ0) is 10.4. The van der Waals surface area contributed by atoms with Crippen LogP contribution < -0.4 is 5.32 Å². The van der Waals surface area contributed by atoms with E-state index in [0.717, 1.165) is 25.2 Å². The lowest BCUT2D eigenvalue weighted by Gasteiger charge is -2.16. The maximum absolute atomic E-state index is 8.88. The molecule has 0 amide bonds. The number of nitrogens with zero attached hydrogens (tertiary/aromatic N) is 2. The predicted octanol–water partition coefficient (Wildman–Crippen LogP) is 0.552. The first-order chi connectivity index (χ1) is 6.76. The van der Waals surface area contributed by atoms with Crippen molar-refractivity contribution in [2.75, 3.05) is 13.2 Å². The molecule has 0 saturated carbocycles. The Morgan fingerprint density at radius 1 is 1.64 bits per heavy atom. The number of hydrogen-bond donors (Lipinski definition) is 2. The fraction of sp³-hybridized carbons (Fsp3) is 0.700. The average molecular weight is 197 g/mol. The maximum atomic E-state index is 8.88. The highest BCUT2D eigenvalue weighted by Crippen LogP contribution is 1.98. The van der Waals surface area contributed by atoms with Crippen LogP contribution in [0.25, 0.3) is 0 Å². The van der Waals surface area contributed by atoms with Crippen molar-refractivity contribution in [2.45, 2.75) is 32.9 Å². The van der Waals surface area contributed by atoms with Gasteiger partial charge in [0.1, 0.15) is 0 Å². The van der Waals surface area contributed by atoms with Gasteiger partial charge in [0.25, 0.3) is 0 Å². The molecule has 1 rings (SSSR count). The lowest BCUT2D eigenvalue weighted by Crippen LogP contribution is -2.34. The zero-order valence-corrected chi connectivity index (χ0v) is 8.90. The molecule has 0 aromatic carbocycles. The fourth-order valence-corrected chi connectivity index (χ4v) is 1.49. The Morgan fingerprint density at radius 3 is 2.93 bits per heavy atom. The van der Waals surface area contributed by atoms with Gasteiger partial charge in [-0.3, -0.25) is 4.68 Å². The quantitative estimate of drug-likeness (QED) is 0.700. The number of hydrogen-bond acceptors (Lipinski definition) is 3. The van der Waals surface area contributed by atoms with E-state index in [2.05, 4.69) is 17.3 Å². The van der Waals surface area contributed by atoms with E-state index in [4.69, 9.17) is 5.11 Å². The van der Waals surface area contributed by atoms with Gasteiger partial charge in [-0.1, -0.05) is 6.92 Å². The Bertz CT molecular complexity index is 254. The summed E-state index contributed by atoms with van der Waals surface area (Å²) >= 11 is 0. The summed E-state index contributed by atoms with van der Waals surface area (Å²) in [5.74, 6) is 0. The van der Waals surface area contributed by atoms with Gasteiger partial charge < -0.3 is 10.4 Å². The number of aromatic nitrogens is 2. The molecule has 0 aliphatic rings. The largest absolute Gasteiger partial charge is 0.396 e. The van der Waals surface area contributed by atoms with Gasteiger partial charge >= 0.3 is 0 Å². The first-order valence-electron chi connectivity index (χ1n) is 5.10. The normalized spacial score (nSPS) is 13.1. The van der Waals surface area contributed by atoms with Crippen molar-refractivity contribution >= 4 is 0 Å². The molecule has 0 spiro atoms. The molecular weight excluding hydrogens is 178 g/mol. The molecule has 80 valence electrons. The summed E-state index contributed by atoms with van der Waals surface area (Å²) in [6.45, 7) is 6.01. The van der Waals surface area contributed by atoms with Crippen molar-refractivity contribution in [1.82, 2.24) is 15.1 Å². The Morgan fingerprint density at radius 2 is 2.43 bits per heavy atom. The summed E-state index contributed by atoms with van der Waals surface area (Å²) in [5, 5.41) is 16.5. The molecule has 4 heteroatoms. The molecule has 1 aromatic heterocycles. The van der Waals surface area contributed by atoms with Crippen molar-refractivity contribution < 1.29 is 5.11 Å². The summed E-state index contributed by atoms with van der Waals surface area (Å²) in [4.78, 5) is 0. The van der Waals surface area contributed by atoms with Gasteiger partial charge in [0.15, 0.2) is 0 Å². The molecule has 0 bridgehead atoms. The Balaban J connectivity index is 2.46. The van der Waals surface area contributed by atoms with Crippen LogP contribution in [0.3, 0.4) is 0 Å². The zero-order valence-electron chi connectivity index (χ0n) is 8.90. The van der Waals surface area contributed by atoms with Crippen LogP contribution in [0.1, 0.15) is 19.0 Å². The van der Waals surface area contributed by atoms with E-state index in [1.165, 1.54) is 0 Å². The number of aliphatic hydroxyl groups is 1. The number of rotatable bonds is 6. The van der Waals surface area contributed by atoms with E-state index in [0.29, 0.717) is 6.04 Å². The topological polar surface area (TPSA) is 50.1 Å². The third-order valence-electron chi connectivity index (χ3n) is 2.15. The highest BCUT2D eigenvalue weighted by molar-refractivity contribution is 4.95. The maximum Gasteiger partial charge on any atom is 0.0593 e. The minimum Gasteiger partial charge on any atom is -0.396 e. The minimum atomic E-state index is 0.220. The third kappa shape index (κ3) is 3.47. The summed E-state index contributed by atoms with van der Waals surface area (Å²) in [6, 6.07) is 2.30. The van der Waals surface area contributed by atoms with Crippen molar-refractivity contribution in [2.24, 2.45) is 0 Å². The summed E-state index contributed by atoms with van der Waals surface area (Å²) in [6.07, 6.45) is 2.74. The molecule has 2 N–H and O–H groups in total. The standard InChI is InChI=1S/C10H19N3O/c1-3-11-10(5-7-14)8-13-6-4-9(2)12-13/h4,6,10-11,14H,3,5,7-8H2,1-2H3. The second-order valence-electron chi connectivity index (χ2n) is 3.45. The second-order valence-corrected chi connectivity index (χ2v) is 3.45. The van der Waals surface area contributed by atoms with Crippen LogP contribution in [0.4, 0.5) is 0 Å². The number of aryl methyl sites for hydroxylation is 1. The molecule has 14 heavy (non-hydrogen) atoms. The van der Waals surface area contributed by atoms with Crippen LogP contribution in [-0.4, -0.2) is 34.1 Å². The van der Waals surface area contributed by atoms with E-state index >= 15 is 0 Å². The molecule has 0 saturated heterocycles. The highest BCUT2D eigenvalue weighted by Gasteiger charge is 2.07. The van der Waals surface area contributed by atoms with Crippen LogP contribution in [0, 0.1) is 6.92 Å². The molecule has 1 aromatic rings. The average Bonchev–Trinajstić information content (AvgIpc) is 2.52. The van der Waals surface area contributed by atoms with Gasteiger partial charge in [-0.15, -0.1) is 0 Å². The number of likely N-dealkylation sites (N-methyl/N-ethyl adjacent to an activating group) is 1. The molecule has 1 atom stereocenters. The SMILES string of the molecule is CCNC(CCO)Cn1ccc(C)n1. The van der Waals surface area contributed by atoms with Gasteiger partial charge in [-0.25, -0.2) is 0 Å². The van der Waals surface area contributed by atoms with E-state index in [1.807, 2.05) is 23.9 Å². The van der Waals surface area contributed by atoms with Crippen LogP contribution >= 0.6 is 0 Å². The molecule has 0 aliphatic carbocycles. The van der Waals surface area contributed by atoms with Gasteiger partial charge in [0.2, 0.25) is 0 Å². The van der Waals surface area contributed by atoms with E-state index < -0.39 is 0 Å². The predicted molar refractivity (Wildman–Crippen MR) is 56.1 cm³/mol. The van der Waals surface area contributed by atoms with E-state index in [1.54, 1.807) is 0 Å². The van der Waals surface area contributed by atoms with Crippen LogP contribution in [-0.2, 0) is 6.54 Å². The van der Waals surface area contributed by atoms with Gasteiger partial charge in [-0.05, 0) is 26.0 Å². The minimum absolute atomic E-state index is 0.220. The monoisotopic (exact) mass is 197 g/mol. The number of aliphatic hydroxyl groups excluding tert-OH is 1. The lowest BCUT2D eigenvalue weighted by molar-refractivity contribution is 0.255. The molecular formula is C10H19N3O. The molecule has 1 heterocycles. The van der Waals surface area contributed by atoms with Gasteiger partial charge in [-0.2, -0.15) is 5.10 Å². The fourth-order valence-electron chi connectivity index (χ4n) is 1.49. The first-order valence-corrected chi connectivity index (χ1v) is 5.10. The molecule has 4 nitrogen and oxygen atoms in total. The first kappa shape index (κ1) is 11.2. The van der Waals surface area contributed by atoms with E-state index in [9.17, 15) is 0 Å². The van der Waals surface area contributed by atoms with Crippen LogP contribution in [0.15, 0.2) is 12.3 Å². The van der Waals surface area contributed by atoms with Crippen molar-refractivity contribution in [3.8, 4) is 0 Å². The molecule has 1 unspecified atom stereocenters. The molecule has 0 radical (unpaired) electrons. The van der Waals surface area contributed by atoms with E-state index in [-0.39, 0.29) is 6.61 Å². The van der Waals surface area contributed by atoms with Gasteiger partial charge in [0.05, 0.1) is 12.2 Å². The van der Waals surface area contributed by atoms with Crippen LogP contribution in [0.5, 0.6) is 0 Å². The Kier molecular flexibility index (Phi) is 4.62. The smallest absolute Gasteiger partial charge is 0.0593 e.